The molecule has 0 atom stereocenters. The number of amides is 2. The van der Waals surface area contributed by atoms with Gasteiger partial charge in [0.25, 0.3) is 0 Å². The third-order valence-electron chi connectivity index (χ3n) is 5.21. The second-order valence-electron chi connectivity index (χ2n) is 7.94. The number of fused-ring (bicyclic) bond motifs is 2. The molecule has 0 bridgehead atoms. The van der Waals surface area contributed by atoms with Crippen LogP contribution in [0.15, 0.2) is 6.33 Å². The maximum absolute atomic E-state index is 12.4. The van der Waals surface area contributed by atoms with Crippen molar-refractivity contribution in [3.8, 4) is 0 Å². The van der Waals surface area contributed by atoms with Gasteiger partial charge < -0.3 is 20.5 Å². The van der Waals surface area contributed by atoms with Crippen molar-refractivity contribution in [3.05, 3.63) is 17.7 Å². The van der Waals surface area contributed by atoms with Crippen LogP contribution in [0.2, 0.25) is 0 Å². The third kappa shape index (κ3) is 3.17. The Kier molecular flexibility index (Phi) is 4.38. The molecule has 4 N–H and O–H groups in total. The van der Waals surface area contributed by atoms with Crippen LogP contribution in [0.3, 0.4) is 0 Å². The first-order valence-electron chi connectivity index (χ1n) is 8.75. The van der Waals surface area contributed by atoms with Crippen LogP contribution < -0.4 is 10.6 Å². The molecule has 3 heterocycles. The maximum atomic E-state index is 12.4. The molecule has 2 aliphatic rings. The summed E-state index contributed by atoms with van der Waals surface area (Å²) in [6, 6.07) is 0. The molecular weight excluding hydrogens is 306 g/mol. The van der Waals surface area contributed by atoms with Gasteiger partial charge in [-0.2, -0.15) is 0 Å². The van der Waals surface area contributed by atoms with Crippen molar-refractivity contribution in [2.75, 3.05) is 26.2 Å². The van der Waals surface area contributed by atoms with Crippen LogP contribution >= 0.6 is 0 Å². The summed E-state index contributed by atoms with van der Waals surface area (Å²) in [6.45, 7) is 8.11. The predicted molar refractivity (Wildman–Crippen MR) is 89.0 cm³/mol. The summed E-state index contributed by atoms with van der Waals surface area (Å²) < 4.78 is 0. The molecule has 132 valence electrons. The molecule has 0 aliphatic carbocycles. The molecule has 24 heavy (non-hydrogen) atoms. The number of aromatic amines is 1. The zero-order chi connectivity index (χ0) is 17.4. The first-order chi connectivity index (χ1) is 11.3. The van der Waals surface area contributed by atoms with Gasteiger partial charge in [0.15, 0.2) is 0 Å². The fourth-order valence-corrected chi connectivity index (χ4v) is 3.66. The summed E-state index contributed by atoms with van der Waals surface area (Å²) in [6.07, 6.45) is 4.62. The monoisotopic (exact) mass is 334 g/mol. The largest absolute Gasteiger partial charge is 0.348 e. The highest BCUT2D eigenvalue weighted by Crippen LogP contribution is 2.31. The molecule has 7 heteroatoms. The molecule has 1 aromatic rings. The molecule has 0 radical (unpaired) electrons. The van der Waals surface area contributed by atoms with E-state index < -0.39 is 5.41 Å². The lowest BCUT2D eigenvalue weighted by Gasteiger charge is -2.41. The van der Waals surface area contributed by atoms with E-state index in [1.165, 1.54) is 11.4 Å². The highest BCUT2D eigenvalue weighted by molar-refractivity contribution is 5.87. The van der Waals surface area contributed by atoms with Gasteiger partial charge in [0.2, 0.25) is 11.8 Å². The number of likely N-dealkylation sites (tertiary alicyclic amines) is 1. The van der Waals surface area contributed by atoms with Gasteiger partial charge >= 0.3 is 0 Å². The lowest BCUT2D eigenvalue weighted by molar-refractivity contribution is -0.743. The topological polar surface area (TPSA) is 94.7 Å². The number of carbonyl (C=O) groups excluding carboxylic acids is 2. The SMILES string of the molecule is CC(C)(C)C(=O)NCC(=O)N1CCC2(CC1)[NH2+]CCc1[nH]cnc12. The van der Waals surface area contributed by atoms with Crippen molar-refractivity contribution in [1.82, 2.24) is 20.2 Å². The standard InChI is InChI=1S/C17H27N5O2/c1-16(2,3)15(24)18-10-13(23)22-8-5-17(6-9-22)14-12(4-7-21-17)19-11-20-14/h11,21H,4-10H2,1-3H3,(H,18,24)(H,19,20)/p+1. The van der Waals surface area contributed by atoms with E-state index >= 15 is 0 Å². The Bertz CT molecular complexity index is 623. The zero-order valence-corrected chi connectivity index (χ0v) is 14.8. The molecule has 1 spiro atoms. The molecule has 0 saturated carbocycles. The van der Waals surface area contributed by atoms with Crippen molar-refractivity contribution in [3.63, 3.8) is 0 Å². The first-order valence-corrected chi connectivity index (χ1v) is 8.75. The van der Waals surface area contributed by atoms with E-state index in [2.05, 4.69) is 20.6 Å². The number of piperidine rings is 1. The van der Waals surface area contributed by atoms with Gasteiger partial charge in [-0.15, -0.1) is 0 Å². The minimum absolute atomic E-state index is 0.000473. The van der Waals surface area contributed by atoms with Crippen molar-refractivity contribution < 1.29 is 14.9 Å². The molecular formula is C17H28N5O2+. The second kappa shape index (κ2) is 6.20. The van der Waals surface area contributed by atoms with Crippen molar-refractivity contribution in [1.29, 1.82) is 0 Å². The number of hydrogen-bond acceptors (Lipinski definition) is 3. The molecule has 1 fully saturated rings. The minimum Gasteiger partial charge on any atom is -0.348 e. The highest BCUT2D eigenvalue weighted by atomic mass is 16.2. The van der Waals surface area contributed by atoms with Gasteiger partial charge in [-0.05, 0) is 0 Å². The smallest absolute Gasteiger partial charge is 0.241 e. The molecule has 2 aliphatic heterocycles. The molecule has 3 rings (SSSR count). The van der Waals surface area contributed by atoms with Crippen LogP contribution in [0, 0.1) is 5.41 Å². The first kappa shape index (κ1) is 17.0. The Morgan fingerprint density at radius 2 is 2.08 bits per heavy atom. The Balaban J connectivity index is 1.56. The van der Waals surface area contributed by atoms with E-state index in [4.69, 9.17) is 0 Å². The summed E-state index contributed by atoms with van der Waals surface area (Å²) in [7, 11) is 0. The van der Waals surface area contributed by atoms with E-state index in [-0.39, 0.29) is 23.9 Å². The number of aromatic nitrogens is 2. The second-order valence-corrected chi connectivity index (χ2v) is 7.94. The van der Waals surface area contributed by atoms with Gasteiger partial charge in [0, 0.05) is 43.5 Å². The summed E-state index contributed by atoms with van der Waals surface area (Å²) in [4.78, 5) is 33.9. The lowest BCUT2D eigenvalue weighted by Crippen LogP contribution is -2.97. The van der Waals surface area contributed by atoms with E-state index in [1.807, 2.05) is 25.7 Å². The Hall–Kier alpha value is -1.89. The zero-order valence-electron chi connectivity index (χ0n) is 14.8. The number of rotatable bonds is 2. The molecule has 0 unspecified atom stereocenters. The normalized spacial score (nSPS) is 19.9. The summed E-state index contributed by atoms with van der Waals surface area (Å²) in [5.41, 5.74) is 1.95. The molecule has 1 saturated heterocycles. The van der Waals surface area contributed by atoms with Crippen LogP contribution in [-0.4, -0.2) is 52.9 Å². The Morgan fingerprint density at radius 3 is 2.75 bits per heavy atom. The van der Waals surface area contributed by atoms with Crippen LogP contribution in [0.1, 0.15) is 45.0 Å². The van der Waals surface area contributed by atoms with Crippen molar-refractivity contribution >= 4 is 11.8 Å². The highest BCUT2D eigenvalue weighted by Gasteiger charge is 2.45. The van der Waals surface area contributed by atoms with Crippen LogP contribution in [0.25, 0.3) is 0 Å². The van der Waals surface area contributed by atoms with Gasteiger partial charge in [-0.25, -0.2) is 4.98 Å². The van der Waals surface area contributed by atoms with E-state index in [0.717, 1.165) is 25.8 Å². The summed E-state index contributed by atoms with van der Waals surface area (Å²) in [5, 5.41) is 5.14. The summed E-state index contributed by atoms with van der Waals surface area (Å²) >= 11 is 0. The van der Waals surface area contributed by atoms with Crippen LogP contribution in [0.4, 0.5) is 0 Å². The predicted octanol–water partition coefficient (Wildman–Crippen LogP) is -0.491. The number of nitrogens with zero attached hydrogens (tertiary/aromatic N) is 2. The van der Waals surface area contributed by atoms with Crippen molar-refractivity contribution in [2.24, 2.45) is 5.41 Å². The van der Waals surface area contributed by atoms with Gasteiger partial charge in [-0.3, -0.25) is 9.59 Å². The van der Waals surface area contributed by atoms with E-state index in [0.29, 0.717) is 13.1 Å². The average Bonchev–Trinajstić information content (AvgIpc) is 3.02. The molecule has 0 aromatic carbocycles. The number of nitrogens with two attached hydrogens (primary N) is 1. The Morgan fingerprint density at radius 1 is 1.38 bits per heavy atom. The maximum Gasteiger partial charge on any atom is 0.241 e. The average molecular weight is 334 g/mol. The number of H-pyrrole nitrogens is 1. The molecule has 2 amide bonds. The fraction of sp³-hybridized carbons (Fsp3) is 0.706. The van der Waals surface area contributed by atoms with Gasteiger partial charge in [0.1, 0.15) is 11.2 Å². The third-order valence-corrected chi connectivity index (χ3v) is 5.21. The van der Waals surface area contributed by atoms with Crippen LogP contribution in [-0.2, 0) is 21.5 Å². The number of quaternary nitrogens is 1. The molecule has 1 aromatic heterocycles. The van der Waals surface area contributed by atoms with Gasteiger partial charge in [-0.1, -0.05) is 20.8 Å². The molecule has 7 nitrogen and oxygen atoms in total. The number of imidazole rings is 1. The Labute approximate surface area is 142 Å². The summed E-state index contributed by atoms with van der Waals surface area (Å²) in [5.74, 6) is -0.0911. The van der Waals surface area contributed by atoms with E-state index in [9.17, 15) is 9.59 Å². The van der Waals surface area contributed by atoms with Crippen molar-refractivity contribution in [2.45, 2.75) is 45.6 Å². The number of carbonyl (C=O) groups is 2. The number of nitrogens with one attached hydrogen (secondary N) is 2. The van der Waals surface area contributed by atoms with Crippen LogP contribution in [0.5, 0.6) is 0 Å². The fourth-order valence-electron chi connectivity index (χ4n) is 3.66. The lowest BCUT2D eigenvalue weighted by atomic mass is 9.80. The minimum atomic E-state index is -0.473. The van der Waals surface area contributed by atoms with E-state index in [1.54, 1.807) is 6.33 Å². The van der Waals surface area contributed by atoms with Gasteiger partial charge in [0.05, 0.1) is 19.4 Å². The number of hydrogen-bond donors (Lipinski definition) is 3. The quantitative estimate of drug-likeness (QED) is 0.681.